The molecule has 6 heteroatoms. The van der Waals surface area contributed by atoms with Crippen LogP contribution in [0.3, 0.4) is 0 Å². The number of hydrogen-bond donors (Lipinski definition) is 1. The summed E-state index contributed by atoms with van der Waals surface area (Å²) in [6.45, 7) is 4.74. The van der Waals surface area contributed by atoms with E-state index in [1.54, 1.807) is 26.8 Å². The lowest BCUT2D eigenvalue weighted by atomic mass is 10.1. The topological polar surface area (TPSA) is 38.3 Å². The first-order valence-corrected chi connectivity index (χ1v) is 5.71. The number of benzene rings is 1. The van der Waals surface area contributed by atoms with Crippen LogP contribution >= 0.6 is 0 Å². The molecule has 0 radical (unpaired) electrons. The van der Waals surface area contributed by atoms with Gasteiger partial charge < -0.3 is 10.1 Å². The molecule has 19 heavy (non-hydrogen) atoms. The third-order valence-corrected chi connectivity index (χ3v) is 2.12. The molecule has 1 N–H and O–H groups in total. The van der Waals surface area contributed by atoms with Crippen molar-refractivity contribution in [2.45, 2.75) is 38.6 Å². The maximum absolute atomic E-state index is 12.9. The summed E-state index contributed by atoms with van der Waals surface area (Å²) in [4.78, 5) is 11.5. The third kappa shape index (κ3) is 5.19. The average Bonchev–Trinajstić information content (AvgIpc) is 2.23. The Morgan fingerprint density at radius 2 is 1.68 bits per heavy atom. The number of carbonyl (C=O) groups excluding carboxylic acids is 1. The van der Waals surface area contributed by atoms with Crippen molar-refractivity contribution in [3.05, 3.63) is 35.9 Å². The van der Waals surface area contributed by atoms with Gasteiger partial charge in [0.25, 0.3) is 0 Å². The molecule has 0 bridgehead atoms. The van der Waals surface area contributed by atoms with E-state index in [9.17, 15) is 18.0 Å². The van der Waals surface area contributed by atoms with Gasteiger partial charge in [0.05, 0.1) is 0 Å². The lowest BCUT2D eigenvalue weighted by Gasteiger charge is -2.25. The van der Waals surface area contributed by atoms with Gasteiger partial charge in [0.1, 0.15) is 5.60 Å². The Balaban J connectivity index is 2.87. The minimum atomic E-state index is -4.59. The fourth-order valence-corrected chi connectivity index (χ4v) is 1.43. The van der Waals surface area contributed by atoms with Gasteiger partial charge in [0.2, 0.25) is 0 Å². The molecule has 0 unspecified atom stereocenters. The Morgan fingerprint density at radius 1 is 1.16 bits per heavy atom. The first-order chi connectivity index (χ1) is 8.59. The van der Waals surface area contributed by atoms with Gasteiger partial charge in [-0.2, -0.15) is 13.2 Å². The molecule has 0 fully saturated rings. The van der Waals surface area contributed by atoms with Crippen molar-refractivity contribution in [1.29, 1.82) is 0 Å². The molecule has 0 aliphatic heterocycles. The van der Waals surface area contributed by atoms with Gasteiger partial charge in [-0.1, -0.05) is 30.3 Å². The van der Waals surface area contributed by atoms with Gasteiger partial charge in [-0.15, -0.1) is 0 Å². The second-order valence-electron chi connectivity index (χ2n) is 5.03. The normalized spacial score (nSPS) is 13.8. The molecule has 1 rings (SSSR count). The number of amides is 1. The van der Waals surface area contributed by atoms with E-state index in [-0.39, 0.29) is 5.56 Å². The summed E-state index contributed by atoms with van der Waals surface area (Å²) in [6, 6.07) is 5.08. The monoisotopic (exact) mass is 275 g/mol. The summed E-state index contributed by atoms with van der Waals surface area (Å²) < 4.78 is 43.6. The third-order valence-electron chi connectivity index (χ3n) is 2.12. The Labute approximate surface area is 109 Å². The second-order valence-corrected chi connectivity index (χ2v) is 5.03. The molecule has 0 spiro atoms. The first kappa shape index (κ1) is 15.3. The minimum absolute atomic E-state index is 0.0409. The van der Waals surface area contributed by atoms with Crippen LogP contribution in [0.25, 0.3) is 0 Å². The van der Waals surface area contributed by atoms with Gasteiger partial charge in [0, 0.05) is 0 Å². The van der Waals surface area contributed by atoms with Gasteiger partial charge in [-0.05, 0) is 26.3 Å². The zero-order chi connectivity index (χ0) is 14.7. The summed E-state index contributed by atoms with van der Waals surface area (Å²) in [6.07, 6.45) is -5.68. The fraction of sp³-hybridized carbons (Fsp3) is 0.462. The van der Waals surface area contributed by atoms with Crippen molar-refractivity contribution in [3.8, 4) is 0 Å². The highest BCUT2D eigenvalue weighted by Gasteiger charge is 2.42. The van der Waals surface area contributed by atoms with Crippen LogP contribution in [0.1, 0.15) is 32.4 Å². The summed E-state index contributed by atoms with van der Waals surface area (Å²) in [5.74, 6) is 0. The van der Waals surface area contributed by atoms with E-state index >= 15 is 0 Å². The van der Waals surface area contributed by atoms with Crippen LogP contribution in [0, 0.1) is 0 Å². The number of alkyl halides is 3. The number of carbonyl (C=O) groups is 1. The molecule has 3 nitrogen and oxygen atoms in total. The molecule has 0 aliphatic rings. The summed E-state index contributed by atoms with van der Waals surface area (Å²) in [5.41, 5.74) is -0.891. The highest BCUT2D eigenvalue weighted by Crippen LogP contribution is 2.32. The zero-order valence-electron chi connectivity index (χ0n) is 10.9. The Bertz CT molecular complexity index is 424. The molecule has 0 saturated heterocycles. The average molecular weight is 275 g/mol. The molecule has 1 amide bonds. The van der Waals surface area contributed by atoms with Crippen molar-refractivity contribution in [2.75, 3.05) is 0 Å². The zero-order valence-corrected chi connectivity index (χ0v) is 10.9. The molecule has 106 valence electrons. The van der Waals surface area contributed by atoms with Crippen LogP contribution in [0.2, 0.25) is 0 Å². The van der Waals surface area contributed by atoms with E-state index in [1.165, 1.54) is 24.3 Å². The minimum Gasteiger partial charge on any atom is -0.444 e. The van der Waals surface area contributed by atoms with Gasteiger partial charge in [0.15, 0.2) is 6.04 Å². The van der Waals surface area contributed by atoms with E-state index in [4.69, 9.17) is 4.74 Å². The molecule has 1 aromatic carbocycles. The summed E-state index contributed by atoms with van der Waals surface area (Å²) in [5, 5.41) is 1.84. The molecular formula is C13H16F3NO2. The number of alkyl carbamates (subject to hydrolysis) is 1. The first-order valence-electron chi connectivity index (χ1n) is 5.71. The SMILES string of the molecule is CC(C)(C)OC(=O)N[C@@H](c1ccccc1)C(F)(F)F. The smallest absolute Gasteiger partial charge is 0.412 e. The van der Waals surface area contributed by atoms with Gasteiger partial charge in [-0.3, -0.25) is 0 Å². The van der Waals surface area contributed by atoms with Crippen LogP contribution in [0.4, 0.5) is 18.0 Å². The van der Waals surface area contributed by atoms with Crippen molar-refractivity contribution in [2.24, 2.45) is 0 Å². The van der Waals surface area contributed by atoms with Crippen molar-refractivity contribution in [1.82, 2.24) is 5.32 Å². The van der Waals surface area contributed by atoms with Gasteiger partial charge in [-0.25, -0.2) is 4.79 Å². The number of ether oxygens (including phenoxy) is 1. The van der Waals surface area contributed by atoms with E-state index in [0.717, 1.165) is 0 Å². The van der Waals surface area contributed by atoms with E-state index in [1.807, 2.05) is 5.32 Å². The molecule has 0 saturated carbocycles. The van der Waals surface area contributed by atoms with Crippen LogP contribution in [-0.4, -0.2) is 17.9 Å². The number of rotatable bonds is 2. The van der Waals surface area contributed by atoms with Crippen LogP contribution in [0.15, 0.2) is 30.3 Å². The van der Waals surface area contributed by atoms with Crippen LogP contribution in [-0.2, 0) is 4.74 Å². The predicted octanol–water partition coefficient (Wildman–Crippen LogP) is 3.81. The maximum atomic E-state index is 12.9. The number of halogens is 3. The number of hydrogen-bond acceptors (Lipinski definition) is 2. The maximum Gasteiger partial charge on any atom is 0.412 e. The van der Waals surface area contributed by atoms with Crippen LogP contribution < -0.4 is 5.32 Å². The van der Waals surface area contributed by atoms with E-state index in [2.05, 4.69) is 0 Å². The second kappa shape index (κ2) is 5.50. The molecule has 1 aromatic rings. The number of nitrogens with one attached hydrogen (secondary N) is 1. The Hall–Kier alpha value is -1.72. The predicted molar refractivity (Wildman–Crippen MR) is 64.6 cm³/mol. The van der Waals surface area contributed by atoms with Crippen LogP contribution in [0.5, 0.6) is 0 Å². The fourth-order valence-electron chi connectivity index (χ4n) is 1.43. The quantitative estimate of drug-likeness (QED) is 0.891. The summed E-state index contributed by atoms with van der Waals surface area (Å²) in [7, 11) is 0. The highest BCUT2D eigenvalue weighted by atomic mass is 19.4. The molecular weight excluding hydrogens is 259 g/mol. The Morgan fingerprint density at radius 3 is 2.11 bits per heavy atom. The van der Waals surface area contributed by atoms with Crippen molar-refractivity contribution in [3.63, 3.8) is 0 Å². The van der Waals surface area contributed by atoms with E-state index < -0.39 is 23.9 Å². The molecule has 0 heterocycles. The molecule has 1 atom stereocenters. The van der Waals surface area contributed by atoms with Crippen molar-refractivity contribution >= 4 is 6.09 Å². The largest absolute Gasteiger partial charge is 0.444 e. The standard InChI is InChI=1S/C13H16F3NO2/c1-12(2,3)19-11(18)17-10(13(14,15)16)9-7-5-4-6-8-9/h4-8,10H,1-3H3,(H,17,18)/t10-/m0/s1. The lowest BCUT2D eigenvalue weighted by molar-refractivity contribution is -0.156. The Kier molecular flexibility index (Phi) is 4.44. The molecule has 0 aliphatic carbocycles. The molecule has 0 aromatic heterocycles. The summed E-state index contributed by atoms with van der Waals surface area (Å²) >= 11 is 0. The van der Waals surface area contributed by atoms with Crippen molar-refractivity contribution < 1.29 is 22.7 Å². The van der Waals surface area contributed by atoms with Gasteiger partial charge >= 0.3 is 12.3 Å². The highest BCUT2D eigenvalue weighted by molar-refractivity contribution is 5.68. The lowest BCUT2D eigenvalue weighted by Crippen LogP contribution is -2.41. The van der Waals surface area contributed by atoms with E-state index in [0.29, 0.717) is 0 Å².